The zero-order valence-electron chi connectivity index (χ0n) is 11.0. The number of aromatic nitrogens is 2. The lowest BCUT2D eigenvalue weighted by molar-refractivity contribution is 0.460. The highest BCUT2D eigenvalue weighted by atomic mass is 35.5. The van der Waals surface area contributed by atoms with Crippen LogP contribution in [0, 0.1) is 6.92 Å². The fraction of sp³-hybridized carbons (Fsp3) is 0.125. The van der Waals surface area contributed by atoms with Gasteiger partial charge in [0.05, 0.1) is 11.7 Å². The van der Waals surface area contributed by atoms with Gasteiger partial charge in [-0.15, -0.1) is 11.6 Å². The summed E-state index contributed by atoms with van der Waals surface area (Å²) in [5, 5.41) is 1.04. The Morgan fingerprint density at radius 2 is 2.00 bits per heavy atom. The number of nitrogens with zero attached hydrogens (tertiary/aromatic N) is 2. The normalized spacial score (nSPS) is 10.7. The molecule has 3 aromatic rings. The molecular weight excluding hydrogens is 272 g/mol. The molecule has 2 heterocycles. The van der Waals surface area contributed by atoms with Crippen molar-refractivity contribution in [2.45, 2.75) is 12.8 Å². The van der Waals surface area contributed by atoms with E-state index in [1.54, 1.807) is 6.20 Å². The Labute approximate surface area is 122 Å². The van der Waals surface area contributed by atoms with Gasteiger partial charge in [0.2, 0.25) is 5.88 Å². The van der Waals surface area contributed by atoms with Gasteiger partial charge in [-0.05, 0) is 30.7 Å². The molecule has 0 unspecified atom stereocenters. The Bertz CT molecular complexity index is 758. The van der Waals surface area contributed by atoms with Gasteiger partial charge in [0.15, 0.2) is 0 Å². The van der Waals surface area contributed by atoms with E-state index in [-0.39, 0.29) is 0 Å². The first kappa shape index (κ1) is 12.9. The van der Waals surface area contributed by atoms with Crippen molar-refractivity contribution in [3.63, 3.8) is 0 Å². The van der Waals surface area contributed by atoms with E-state index < -0.39 is 0 Å². The summed E-state index contributed by atoms with van der Waals surface area (Å²) >= 11 is 5.86. The van der Waals surface area contributed by atoms with E-state index in [1.165, 1.54) is 0 Å². The largest absolute Gasteiger partial charge is 0.437 e. The van der Waals surface area contributed by atoms with Crippen molar-refractivity contribution >= 4 is 22.5 Å². The first-order valence-electron chi connectivity index (χ1n) is 6.31. The molecule has 0 aliphatic rings. The van der Waals surface area contributed by atoms with Crippen LogP contribution in [0.1, 0.15) is 11.3 Å². The maximum absolute atomic E-state index is 5.86. The number of fused-ring (bicyclic) bond motifs is 1. The van der Waals surface area contributed by atoms with Crippen LogP contribution in [0.4, 0.5) is 0 Å². The molecule has 4 heteroatoms. The molecule has 20 heavy (non-hydrogen) atoms. The number of aryl methyl sites for hydroxylation is 1. The Morgan fingerprint density at radius 1 is 1.15 bits per heavy atom. The predicted octanol–water partition coefficient (Wildman–Crippen LogP) is 4.47. The minimum Gasteiger partial charge on any atom is -0.437 e. The summed E-state index contributed by atoms with van der Waals surface area (Å²) in [6, 6.07) is 13.6. The van der Waals surface area contributed by atoms with Crippen molar-refractivity contribution in [3.05, 3.63) is 59.9 Å². The molecule has 0 spiro atoms. The number of hydrogen-bond donors (Lipinski definition) is 0. The van der Waals surface area contributed by atoms with E-state index in [1.807, 2.05) is 49.4 Å². The van der Waals surface area contributed by atoms with Crippen LogP contribution < -0.4 is 4.74 Å². The van der Waals surface area contributed by atoms with Crippen LogP contribution in [0.2, 0.25) is 0 Å². The highest BCUT2D eigenvalue weighted by molar-refractivity contribution is 6.17. The fourth-order valence-electron chi connectivity index (χ4n) is 2.06. The van der Waals surface area contributed by atoms with Gasteiger partial charge >= 0.3 is 0 Å². The van der Waals surface area contributed by atoms with Crippen LogP contribution in [-0.4, -0.2) is 9.97 Å². The summed E-state index contributed by atoms with van der Waals surface area (Å²) in [4.78, 5) is 8.71. The average Bonchev–Trinajstić information content (AvgIpc) is 2.46. The van der Waals surface area contributed by atoms with E-state index in [2.05, 4.69) is 9.97 Å². The number of pyridine rings is 2. The first-order valence-corrected chi connectivity index (χ1v) is 6.84. The lowest BCUT2D eigenvalue weighted by Crippen LogP contribution is -1.93. The predicted molar refractivity (Wildman–Crippen MR) is 80.3 cm³/mol. The molecule has 3 nitrogen and oxygen atoms in total. The van der Waals surface area contributed by atoms with Crippen molar-refractivity contribution in [2.75, 3.05) is 0 Å². The fourth-order valence-corrected chi connectivity index (χ4v) is 2.22. The smallest absolute Gasteiger partial charge is 0.219 e. The van der Waals surface area contributed by atoms with Crippen LogP contribution in [0.5, 0.6) is 11.6 Å². The first-order chi connectivity index (χ1) is 9.74. The van der Waals surface area contributed by atoms with Crippen molar-refractivity contribution < 1.29 is 4.74 Å². The molecule has 0 amide bonds. The van der Waals surface area contributed by atoms with E-state index in [4.69, 9.17) is 16.3 Å². The molecule has 100 valence electrons. The minimum absolute atomic E-state index is 0.440. The Morgan fingerprint density at radius 3 is 2.85 bits per heavy atom. The minimum atomic E-state index is 0.440. The summed E-state index contributed by atoms with van der Waals surface area (Å²) in [5.41, 5.74) is 2.81. The van der Waals surface area contributed by atoms with Gasteiger partial charge < -0.3 is 4.74 Å². The second-order valence-electron chi connectivity index (χ2n) is 4.55. The van der Waals surface area contributed by atoms with Crippen LogP contribution in [-0.2, 0) is 5.88 Å². The van der Waals surface area contributed by atoms with Gasteiger partial charge in [0.1, 0.15) is 5.75 Å². The number of hydrogen-bond acceptors (Lipinski definition) is 3. The van der Waals surface area contributed by atoms with Crippen molar-refractivity contribution in [1.29, 1.82) is 0 Å². The van der Waals surface area contributed by atoms with Crippen LogP contribution in [0.25, 0.3) is 10.9 Å². The Hall–Kier alpha value is -2.13. The maximum atomic E-state index is 5.86. The quantitative estimate of drug-likeness (QED) is 0.666. The lowest BCUT2D eigenvalue weighted by Gasteiger charge is -2.07. The molecule has 0 aliphatic heterocycles. The summed E-state index contributed by atoms with van der Waals surface area (Å²) in [6.07, 6.45) is 1.70. The van der Waals surface area contributed by atoms with Crippen molar-refractivity contribution in [1.82, 2.24) is 9.97 Å². The lowest BCUT2D eigenvalue weighted by atomic mass is 10.2. The van der Waals surface area contributed by atoms with Gasteiger partial charge in [0, 0.05) is 23.0 Å². The number of benzene rings is 1. The highest BCUT2D eigenvalue weighted by Crippen LogP contribution is 2.24. The van der Waals surface area contributed by atoms with Gasteiger partial charge in [-0.25, -0.2) is 4.98 Å². The molecule has 0 bridgehead atoms. The highest BCUT2D eigenvalue weighted by Gasteiger charge is 2.04. The second kappa shape index (κ2) is 5.47. The molecule has 0 saturated carbocycles. The van der Waals surface area contributed by atoms with E-state index in [0.29, 0.717) is 17.5 Å². The number of rotatable bonds is 3. The number of para-hydroxylation sites is 1. The van der Waals surface area contributed by atoms with E-state index in [9.17, 15) is 0 Å². The topological polar surface area (TPSA) is 35.0 Å². The summed E-state index contributed by atoms with van der Waals surface area (Å²) in [6.45, 7) is 1.92. The SMILES string of the molecule is Cc1cc(CCl)cc(Oc2cnc3ccccc3c2)n1. The van der Waals surface area contributed by atoms with Crippen LogP contribution >= 0.6 is 11.6 Å². The summed E-state index contributed by atoms with van der Waals surface area (Å²) in [7, 11) is 0. The maximum Gasteiger partial charge on any atom is 0.219 e. The van der Waals surface area contributed by atoms with Crippen molar-refractivity contribution in [2.24, 2.45) is 0 Å². The zero-order chi connectivity index (χ0) is 13.9. The van der Waals surface area contributed by atoms with E-state index >= 15 is 0 Å². The number of ether oxygens (including phenoxy) is 1. The number of halogens is 1. The summed E-state index contributed by atoms with van der Waals surface area (Å²) < 4.78 is 5.78. The van der Waals surface area contributed by atoms with Gasteiger partial charge in [-0.3, -0.25) is 4.98 Å². The van der Waals surface area contributed by atoms with Gasteiger partial charge in [0.25, 0.3) is 0 Å². The van der Waals surface area contributed by atoms with Crippen LogP contribution in [0.15, 0.2) is 48.7 Å². The molecule has 0 N–H and O–H groups in total. The second-order valence-corrected chi connectivity index (χ2v) is 4.82. The molecule has 1 aromatic carbocycles. The monoisotopic (exact) mass is 284 g/mol. The molecule has 2 aromatic heterocycles. The molecule has 0 saturated heterocycles. The van der Waals surface area contributed by atoms with Gasteiger partial charge in [-0.1, -0.05) is 18.2 Å². The van der Waals surface area contributed by atoms with Crippen LogP contribution in [0.3, 0.4) is 0 Å². The average molecular weight is 285 g/mol. The molecular formula is C16H13ClN2O. The third kappa shape index (κ3) is 2.73. The molecule has 0 atom stereocenters. The molecule has 0 fully saturated rings. The number of alkyl halides is 1. The third-order valence-electron chi connectivity index (χ3n) is 2.93. The molecule has 3 rings (SSSR count). The third-order valence-corrected chi connectivity index (χ3v) is 3.24. The van der Waals surface area contributed by atoms with Crippen molar-refractivity contribution in [3.8, 4) is 11.6 Å². The van der Waals surface area contributed by atoms with Gasteiger partial charge in [-0.2, -0.15) is 0 Å². The molecule has 0 aliphatic carbocycles. The standard InChI is InChI=1S/C16H13ClN2O/c1-11-6-12(9-17)7-16(19-11)20-14-8-13-4-2-3-5-15(13)18-10-14/h2-8,10H,9H2,1H3. The zero-order valence-corrected chi connectivity index (χ0v) is 11.8. The molecule has 0 radical (unpaired) electrons. The Kier molecular flexibility index (Phi) is 3.52. The summed E-state index contributed by atoms with van der Waals surface area (Å²) in [5.74, 6) is 1.65. The Balaban J connectivity index is 1.94. The van der Waals surface area contributed by atoms with E-state index in [0.717, 1.165) is 22.2 Å².